The first-order valence-corrected chi connectivity index (χ1v) is 10.1. The summed E-state index contributed by atoms with van der Waals surface area (Å²) in [6.07, 6.45) is 1.06. The van der Waals surface area contributed by atoms with E-state index in [-0.39, 0.29) is 17.6 Å². The highest BCUT2D eigenvalue weighted by Crippen LogP contribution is 2.25. The predicted molar refractivity (Wildman–Crippen MR) is 107 cm³/mol. The summed E-state index contributed by atoms with van der Waals surface area (Å²) in [5.41, 5.74) is 1.19. The van der Waals surface area contributed by atoms with Crippen LogP contribution in [0.3, 0.4) is 0 Å². The summed E-state index contributed by atoms with van der Waals surface area (Å²) >= 11 is 1.43. The Morgan fingerprint density at radius 2 is 2.04 bits per heavy atom. The van der Waals surface area contributed by atoms with Gasteiger partial charge in [-0.1, -0.05) is 51.6 Å². The molecule has 0 aliphatic rings. The minimum absolute atomic E-state index is 0.0390. The van der Waals surface area contributed by atoms with Crippen molar-refractivity contribution in [1.29, 1.82) is 5.26 Å². The first-order valence-electron chi connectivity index (χ1n) is 9.07. The lowest BCUT2D eigenvalue weighted by Crippen LogP contribution is -2.49. The van der Waals surface area contributed by atoms with E-state index < -0.39 is 5.54 Å². The van der Waals surface area contributed by atoms with Gasteiger partial charge in [0.05, 0.1) is 22.9 Å². The second-order valence-electron chi connectivity index (χ2n) is 7.52. The van der Waals surface area contributed by atoms with Crippen molar-refractivity contribution >= 4 is 28.7 Å². The maximum atomic E-state index is 12.4. The fourth-order valence-corrected chi connectivity index (χ4v) is 3.36. The van der Waals surface area contributed by atoms with Crippen molar-refractivity contribution < 1.29 is 4.79 Å². The van der Waals surface area contributed by atoms with Crippen molar-refractivity contribution in [1.82, 2.24) is 14.9 Å². The van der Waals surface area contributed by atoms with Gasteiger partial charge >= 0.3 is 0 Å². The van der Waals surface area contributed by atoms with Crippen LogP contribution in [0, 0.1) is 23.2 Å². The summed E-state index contributed by atoms with van der Waals surface area (Å²) in [5.74, 6) is 0.738. The number of aromatic nitrogens is 2. The summed E-state index contributed by atoms with van der Waals surface area (Å²) in [7, 11) is 0. The van der Waals surface area contributed by atoms with E-state index in [0.717, 1.165) is 29.2 Å². The van der Waals surface area contributed by atoms with Gasteiger partial charge in [0.2, 0.25) is 5.91 Å². The van der Waals surface area contributed by atoms with E-state index in [1.54, 1.807) is 6.92 Å². The van der Waals surface area contributed by atoms with Gasteiger partial charge in [-0.05, 0) is 37.3 Å². The number of carbonyl (C=O) groups excluding carboxylic acids is 1. The van der Waals surface area contributed by atoms with Crippen LogP contribution in [0.4, 0.5) is 0 Å². The number of hydrogen-bond donors (Lipinski definition) is 1. The lowest BCUT2D eigenvalue weighted by atomic mass is 9.90. The predicted octanol–water partition coefficient (Wildman–Crippen LogP) is 4.23. The summed E-state index contributed by atoms with van der Waals surface area (Å²) < 4.78 is 2.19. The van der Waals surface area contributed by atoms with Gasteiger partial charge in [0.25, 0.3) is 0 Å². The number of amides is 1. The van der Waals surface area contributed by atoms with Crippen LogP contribution in [-0.2, 0) is 11.3 Å². The molecule has 1 N–H and O–H groups in total. The SMILES string of the molecule is CC(C)CCn1c(SCC(=O)NC(C)(C#N)C(C)C)nc2ccccc21. The average Bonchev–Trinajstić information content (AvgIpc) is 2.95. The zero-order valence-electron chi connectivity index (χ0n) is 16.2. The molecule has 0 saturated carbocycles. The number of thioether (sulfide) groups is 1. The molecule has 1 heterocycles. The molecule has 1 aromatic carbocycles. The smallest absolute Gasteiger partial charge is 0.231 e. The number of nitriles is 1. The normalized spacial score (nSPS) is 13.8. The third-order valence-electron chi connectivity index (χ3n) is 4.67. The van der Waals surface area contributed by atoms with Crippen molar-refractivity contribution in [3.05, 3.63) is 24.3 Å². The van der Waals surface area contributed by atoms with E-state index in [2.05, 4.69) is 35.9 Å². The largest absolute Gasteiger partial charge is 0.337 e. The monoisotopic (exact) mass is 372 g/mol. The van der Waals surface area contributed by atoms with E-state index in [1.807, 2.05) is 32.0 Å². The first kappa shape index (κ1) is 20.3. The molecule has 0 radical (unpaired) electrons. The topological polar surface area (TPSA) is 70.7 Å². The Kier molecular flexibility index (Phi) is 6.71. The van der Waals surface area contributed by atoms with E-state index in [4.69, 9.17) is 4.98 Å². The highest BCUT2D eigenvalue weighted by molar-refractivity contribution is 7.99. The summed E-state index contributed by atoms with van der Waals surface area (Å²) in [4.78, 5) is 17.1. The van der Waals surface area contributed by atoms with Gasteiger partial charge in [0, 0.05) is 6.54 Å². The third-order valence-corrected chi connectivity index (χ3v) is 5.64. The van der Waals surface area contributed by atoms with Gasteiger partial charge in [-0.25, -0.2) is 4.98 Å². The standard InChI is InChI=1S/C20H28N4OS/c1-14(2)10-11-24-17-9-7-6-8-16(17)22-19(24)26-12-18(25)23-20(5,13-21)15(3)4/h6-9,14-15H,10-12H2,1-5H3,(H,23,25). The Bertz CT molecular complexity index is 806. The number of nitrogens with zero attached hydrogens (tertiary/aromatic N) is 3. The maximum absolute atomic E-state index is 12.4. The first-order chi connectivity index (χ1) is 12.3. The molecule has 0 spiro atoms. The molecular weight excluding hydrogens is 344 g/mol. The lowest BCUT2D eigenvalue weighted by molar-refractivity contribution is -0.120. The molecule has 140 valence electrons. The second-order valence-corrected chi connectivity index (χ2v) is 8.47. The summed E-state index contributed by atoms with van der Waals surface area (Å²) in [6.45, 7) is 10.9. The molecule has 1 unspecified atom stereocenters. The third kappa shape index (κ3) is 4.79. The molecule has 1 aromatic heterocycles. The quantitative estimate of drug-likeness (QED) is 0.704. The number of fused-ring (bicyclic) bond motifs is 1. The van der Waals surface area contributed by atoms with Crippen molar-refractivity contribution in [3.8, 4) is 6.07 Å². The summed E-state index contributed by atoms with van der Waals surface area (Å²) in [6, 6.07) is 10.3. The van der Waals surface area contributed by atoms with E-state index in [1.165, 1.54) is 11.8 Å². The molecule has 2 rings (SSSR count). The minimum Gasteiger partial charge on any atom is -0.337 e. The Balaban J connectivity index is 2.14. The number of carbonyl (C=O) groups is 1. The van der Waals surface area contributed by atoms with Crippen molar-refractivity contribution in [2.75, 3.05) is 5.75 Å². The molecule has 5 nitrogen and oxygen atoms in total. The van der Waals surface area contributed by atoms with Crippen LogP contribution in [0.25, 0.3) is 11.0 Å². The zero-order valence-corrected chi connectivity index (χ0v) is 17.1. The Hall–Kier alpha value is -2.00. The molecule has 2 aromatic rings. The minimum atomic E-state index is -0.852. The average molecular weight is 373 g/mol. The Morgan fingerprint density at radius 3 is 2.65 bits per heavy atom. The lowest BCUT2D eigenvalue weighted by Gasteiger charge is -2.27. The molecule has 6 heteroatoms. The molecule has 26 heavy (non-hydrogen) atoms. The van der Waals surface area contributed by atoms with Crippen LogP contribution < -0.4 is 5.32 Å². The van der Waals surface area contributed by atoms with Crippen molar-refractivity contribution in [3.63, 3.8) is 0 Å². The molecule has 0 aliphatic heterocycles. The number of rotatable bonds is 8. The van der Waals surface area contributed by atoms with Crippen LogP contribution in [-0.4, -0.2) is 26.8 Å². The zero-order chi connectivity index (χ0) is 19.3. The van der Waals surface area contributed by atoms with E-state index in [9.17, 15) is 10.1 Å². The highest BCUT2D eigenvalue weighted by Gasteiger charge is 2.30. The maximum Gasteiger partial charge on any atom is 0.231 e. The second kappa shape index (κ2) is 8.59. The molecule has 0 fully saturated rings. The van der Waals surface area contributed by atoms with Gasteiger partial charge < -0.3 is 9.88 Å². The van der Waals surface area contributed by atoms with Crippen LogP contribution >= 0.6 is 11.8 Å². The number of para-hydroxylation sites is 2. The van der Waals surface area contributed by atoms with Crippen molar-refractivity contribution in [2.24, 2.45) is 11.8 Å². The fourth-order valence-electron chi connectivity index (χ4n) is 2.52. The number of nitrogens with one attached hydrogen (secondary N) is 1. The molecule has 1 atom stereocenters. The van der Waals surface area contributed by atoms with Gasteiger partial charge in [-0.3, -0.25) is 4.79 Å². The van der Waals surface area contributed by atoms with Crippen molar-refractivity contribution in [2.45, 2.75) is 58.3 Å². The van der Waals surface area contributed by atoms with E-state index in [0.29, 0.717) is 5.92 Å². The molecule has 1 amide bonds. The van der Waals surface area contributed by atoms with Crippen LogP contribution in [0.2, 0.25) is 0 Å². The Labute approximate surface area is 160 Å². The van der Waals surface area contributed by atoms with Gasteiger partial charge in [0.15, 0.2) is 5.16 Å². The van der Waals surface area contributed by atoms with Crippen LogP contribution in [0.5, 0.6) is 0 Å². The molecule has 0 saturated heterocycles. The van der Waals surface area contributed by atoms with Gasteiger partial charge in [-0.2, -0.15) is 5.26 Å². The highest BCUT2D eigenvalue weighted by atomic mass is 32.2. The fraction of sp³-hybridized carbons (Fsp3) is 0.550. The number of aryl methyl sites for hydroxylation is 1. The van der Waals surface area contributed by atoms with Gasteiger partial charge in [-0.15, -0.1) is 0 Å². The summed E-state index contributed by atoms with van der Waals surface area (Å²) in [5, 5.41) is 13.1. The number of imidazole rings is 1. The molecular formula is C20H28N4OS. The van der Waals surface area contributed by atoms with E-state index >= 15 is 0 Å². The molecule has 0 bridgehead atoms. The number of hydrogen-bond acceptors (Lipinski definition) is 4. The van der Waals surface area contributed by atoms with Crippen LogP contribution in [0.1, 0.15) is 41.0 Å². The van der Waals surface area contributed by atoms with Crippen LogP contribution in [0.15, 0.2) is 29.4 Å². The number of benzene rings is 1. The Morgan fingerprint density at radius 1 is 1.35 bits per heavy atom. The van der Waals surface area contributed by atoms with Gasteiger partial charge in [0.1, 0.15) is 5.54 Å². The molecule has 0 aliphatic carbocycles.